The van der Waals surface area contributed by atoms with Crippen LogP contribution in [0.4, 0.5) is 5.13 Å². The summed E-state index contributed by atoms with van der Waals surface area (Å²) in [5.74, 6) is -0.0382. The summed E-state index contributed by atoms with van der Waals surface area (Å²) in [6.07, 6.45) is 0. The number of nitrogens with zero attached hydrogens (tertiary/aromatic N) is 5. The van der Waals surface area contributed by atoms with E-state index in [-0.39, 0.29) is 22.9 Å². The fourth-order valence-corrected chi connectivity index (χ4v) is 3.87. The lowest BCUT2D eigenvalue weighted by atomic mass is 9.93. The van der Waals surface area contributed by atoms with E-state index in [9.17, 15) is 9.59 Å². The predicted octanol–water partition coefficient (Wildman–Crippen LogP) is 3.35. The summed E-state index contributed by atoms with van der Waals surface area (Å²) in [6.45, 7) is 7.74. The van der Waals surface area contributed by atoms with Crippen molar-refractivity contribution in [1.29, 1.82) is 0 Å². The largest absolute Gasteiger partial charge is 0.301 e. The zero-order valence-electron chi connectivity index (χ0n) is 16.0. The monoisotopic (exact) mass is 416 g/mol. The molecule has 0 aliphatic rings. The summed E-state index contributed by atoms with van der Waals surface area (Å²) < 4.78 is 1.53. The van der Waals surface area contributed by atoms with Crippen LogP contribution >= 0.6 is 23.1 Å². The van der Waals surface area contributed by atoms with E-state index >= 15 is 0 Å². The third-order valence-corrected chi connectivity index (χ3v) is 5.49. The van der Waals surface area contributed by atoms with Crippen LogP contribution in [-0.2, 0) is 10.2 Å². The highest BCUT2D eigenvalue weighted by Gasteiger charge is 2.18. The van der Waals surface area contributed by atoms with Gasteiger partial charge in [-0.05, 0) is 41.6 Å². The van der Waals surface area contributed by atoms with Gasteiger partial charge in [-0.3, -0.25) is 9.59 Å². The Morgan fingerprint density at radius 2 is 1.93 bits per heavy atom. The average molecular weight is 417 g/mol. The number of hydrogen-bond donors (Lipinski definition) is 1. The maximum Gasteiger partial charge on any atom is 0.236 e. The van der Waals surface area contributed by atoms with Crippen molar-refractivity contribution in [2.45, 2.75) is 38.3 Å². The van der Waals surface area contributed by atoms with Crippen molar-refractivity contribution in [3.63, 3.8) is 0 Å². The van der Waals surface area contributed by atoms with E-state index in [1.165, 1.54) is 34.7 Å². The number of carbonyl (C=O) groups excluding carboxylic acids is 2. The fraction of sp³-hybridized carbons (Fsp3) is 0.333. The number of rotatable bonds is 6. The van der Waals surface area contributed by atoms with Crippen LogP contribution in [0.1, 0.15) is 43.7 Å². The number of thiazole rings is 1. The molecule has 2 aromatic heterocycles. The lowest BCUT2D eigenvalue weighted by molar-refractivity contribution is -0.113. The van der Waals surface area contributed by atoms with Gasteiger partial charge in [-0.2, -0.15) is 4.68 Å². The van der Waals surface area contributed by atoms with E-state index in [0.717, 1.165) is 5.69 Å². The number of benzene rings is 1. The third-order valence-electron chi connectivity index (χ3n) is 3.81. The molecule has 146 valence electrons. The van der Waals surface area contributed by atoms with Gasteiger partial charge in [-0.15, -0.1) is 16.4 Å². The summed E-state index contributed by atoms with van der Waals surface area (Å²) in [5.41, 5.74) is 2.21. The number of thioether (sulfide) groups is 1. The number of amides is 1. The van der Waals surface area contributed by atoms with Crippen LogP contribution in [0.25, 0.3) is 5.69 Å². The van der Waals surface area contributed by atoms with Crippen LogP contribution in [0.3, 0.4) is 0 Å². The molecule has 0 aliphatic carbocycles. The lowest BCUT2D eigenvalue weighted by Gasteiger charge is -2.14. The molecule has 1 aromatic carbocycles. The van der Waals surface area contributed by atoms with E-state index in [0.29, 0.717) is 21.5 Å². The Kier molecular flexibility index (Phi) is 5.90. The van der Waals surface area contributed by atoms with Gasteiger partial charge in [-0.1, -0.05) is 32.5 Å². The third kappa shape index (κ3) is 4.82. The standard InChI is InChI=1S/C18H20N6O2S2/c1-11(25)12-5-7-13(8-6-12)24-17(21-22-23-24)28-10-15(26)20-16-19-14(9-27-16)18(2,3)4/h5-9H,10H2,1-4H3,(H,19,20,26). The number of carbonyl (C=O) groups is 2. The molecule has 3 rings (SSSR count). The first kappa shape index (κ1) is 20.2. The zero-order valence-corrected chi connectivity index (χ0v) is 17.6. The summed E-state index contributed by atoms with van der Waals surface area (Å²) in [6, 6.07) is 6.97. The van der Waals surface area contributed by atoms with Crippen molar-refractivity contribution in [1.82, 2.24) is 25.2 Å². The van der Waals surface area contributed by atoms with Gasteiger partial charge in [0, 0.05) is 16.4 Å². The van der Waals surface area contributed by atoms with Crippen molar-refractivity contribution >= 4 is 39.9 Å². The van der Waals surface area contributed by atoms with Crippen LogP contribution in [0.5, 0.6) is 0 Å². The smallest absolute Gasteiger partial charge is 0.236 e. The molecule has 0 saturated heterocycles. The second-order valence-electron chi connectivity index (χ2n) is 7.10. The van der Waals surface area contributed by atoms with E-state index < -0.39 is 0 Å². The van der Waals surface area contributed by atoms with Crippen molar-refractivity contribution < 1.29 is 9.59 Å². The molecule has 8 nitrogen and oxygen atoms in total. The second-order valence-corrected chi connectivity index (χ2v) is 8.90. The van der Waals surface area contributed by atoms with Gasteiger partial charge < -0.3 is 5.32 Å². The highest BCUT2D eigenvalue weighted by Crippen LogP contribution is 2.26. The van der Waals surface area contributed by atoms with E-state index in [1.54, 1.807) is 24.3 Å². The topological polar surface area (TPSA) is 103 Å². The maximum atomic E-state index is 12.3. The number of ketones is 1. The van der Waals surface area contributed by atoms with Crippen molar-refractivity contribution in [2.75, 3.05) is 11.1 Å². The molecule has 0 bridgehead atoms. The molecule has 0 spiro atoms. The first-order chi connectivity index (χ1) is 13.2. The summed E-state index contributed by atoms with van der Waals surface area (Å²) in [7, 11) is 0. The van der Waals surface area contributed by atoms with Gasteiger partial charge in [0.2, 0.25) is 11.1 Å². The molecule has 28 heavy (non-hydrogen) atoms. The Balaban J connectivity index is 1.62. The summed E-state index contributed by atoms with van der Waals surface area (Å²) >= 11 is 2.63. The second kappa shape index (κ2) is 8.19. The number of tetrazole rings is 1. The zero-order chi connectivity index (χ0) is 20.3. The van der Waals surface area contributed by atoms with E-state index in [1.807, 2.05) is 5.38 Å². The van der Waals surface area contributed by atoms with Gasteiger partial charge in [0.25, 0.3) is 0 Å². The molecule has 0 atom stereocenters. The molecule has 1 amide bonds. The normalized spacial score (nSPS) is 11.4. The fourth-order valence-electron chi connectivity index (χ4n) is 2.23. The Morgan fingerprint density at radius 3 is 2.54 bits per heavy atom. The molecule has 1 N–H and O–H groups in total. The van der Waals surface area contributed by atoms with Gasteiger partial charge in [0.1, 0.15) is 0 Å². The molecule has 0 unspecified atom stereocenters. The highest BCUT2D eigenvalue weighted by molar-refractivity contribution is 7.99. The molecule has 10 heteroatoms. The number of Topliss-reactive ketones (excluding diaryl/α,β-unsaturated/α-hetero) is 1. The van der Waals surface area contributed by atoms with E-state index in [4.69, 9.17) is 0 Å². The van der Waals surface area contributed by atoms with Gasteiger partial charge in [0.05, 0.1) is 17.1 Å². The Labute approximate surface area is 170 Å². The summed E-state index contributed by atoms with van der Waals surface area (Å²) in [5, 5.41) is 17.4. The number of anilines is 1. The number of hydrogen-bond acceptors (Lipinski definition) is 8. The van der Waals surface area contributed by atoms with Crippen LogP contribution in [0, 0.1) is 0 Å². The van der Waals surface area contributed by atoms with Crippen LogP contribution in [0.15, 0.2) is 34.8 Å². The van der Waals surface area contributed by atoms with Crippen molar-refractivity contribution in [2.24, 2.45) is 0 Å². The van der Waals surface area contributed by atoms with Crippen LogP contribution in [-0.4, -0.2) is 42.6 Å². The van der Waals surface area contributed by atoms with E-state index in [2.05, 4.69) is 46.6 Å². The van der Waals surface area contributed by atoms with Crippen LogP contribution in [0.2, 0.25) is 0 Å². The van der Waals surface area contributed by atoms with Gasteiger partial charge in [0.15, 0.2) is 10.9 Å². The SMILES string of the molecule is CC(=O)c1ccc(-n2nnnc2SCC(=O)Nc2nc(C(C)(C)C)cs2)cc1. The highest BCUT2D eigenvalue weighted by atomic mass is 32.2. The van der Waals surface area contributed by atoms with Crippen molar-refractivity contribution in [3.8, 4) is 5.69 Å². The predicted molar refractivity (Wildman–Crippen MR) is 109 cm³/mol. The molecule has 3 aromatic rings. The first-order valence-corrected chi connectivity index (χ1v) is 10.4. The number of nitrogens with one attached hydrogen (secondary N) is 1. The van der Waals surface area contributed by atoms with Gasteiger partial charge >= 0.3 is 0 Å². The average Bonchev–Trinajstić information content (AvgIpc) is 3.29. The maximum absolute atomic E-state index is 12.3. The molecule has 0 fully saturated rings. The summed E-state index contributed by atoms with van der Waals surface area (Å²) in [4.78, 5) is 28.1. The molecule has 0 radical (unpaired) electrons. The number of aromatic nitrogens is 5. The minimum atomic E-state index is -0.179. The quantitative estimate of drug-likeness (QED) is 0.485. The molecular weight excluding hydrogens is 396 g/mol. The molecular formula is C18H20N6O2S2. The molecule has 2 heterocycles. The Bertz CT molecular complexity index is 988. The lowest BCUT2D eigenvalue weighted by Crippen LogP contribution is -2.16. The minimum Gasteiger partial charge on any atom is -0.301 e. The Morgan fingerprint density at radius 1 is 1.21 bits per heavy atom. The minimum absolute atomic E-state index is 0.00802. The molecule has 0 saturated carbocycles. The molecule has 0 aliphatic heterocycles. The van der Waals surface area contributed by atoms with Gasteiger partial charge in [-0.25, -0.2) is 4.98 Å². The first-order valence-electron chi connectivity index (χ1n) is 8.52. The van der Waals surface area contributed by atoms with Crippen molar-refractivity contribution in [3.05, 3.63) is 40.9 Å². The Hall–Kier alpha value is -2.59. The van der Waals surface area contributed by atoms with Crippen LogP contribution < -0.4 is 5.32 Å².